The van der Waals surface area contributed by atoms with Gasteiger partial charge >= 0.3 is 0 Å². The van der Waals surface area contributed by atoms with E-state index in [4.69, 9.17) is 5.73 Å². The quantitative estimate of drug-likeness (QED) is 0.845. The summed E-state index contributed by atoms with van der Waals surface area (Å²) in [5.74, 6) is -1.23. The van der Waals surface area contributed by atoms with Crippen LogP contribution in [0.15, 0.2) is 53.4 Å². The number of amides is 1. The fraction of sp³-hybridized carbons (Fsp3) is 0.133. The van der Waals surface area contributed by atoms with E-state index >= 15 is 0 Å². The predicted octanol–water partition coefficient (Wildman–Crippen LogP) is 1.99. The zero-order valence-corrected chi connectivity index (χ0v) is 12.4. The highest BCUT2D eigenvalue weighted by molar-refractivity contribution is 7.92. The van der Waals surface area contributed by atoms with Crippen LogP contribution in [0.2, 0.25) is 0 Å². The minimum Gasteiger partial charge on any atom is -0.397 e. The Bertz CT molecular complexity index is 770. The Labute approximate surface area is 123 Å². The standard InChI is InChI=1S/C15H16N2O3S/c1-11-6-2-5-9-14(11)21(19,20)10-15(18)17-13-8-4-3-7-12(13)16/h2-9H,10,16H2,1H3,(H,17,18). The number of benzene rings is 2. The van der Waals surface area contributed by atoms with Crippen molar-refractivity contribution in [3.63, 3.8) is 0 Å². The number of hydrogen-bond acceptors (Lipinski definition) is 4. The van der Waals surface area contributed by atoms with Crippen LogP contribution in [-0.2, 0) is 14.6 Å². The van der Waals surface area contributed by atoms with Crippen LogP contribution in [0, 0.1) is 6.92 Å². The number of nitrogen functional groups attached to an aromatic ring is 1. The lowest BCUT2D eigenvalue weighted by Gasteiger charge is -2.09. The van der Waals surface area contributed by atoms with Crippen LogP contribution in [0.5, 0.6) is 0 Å². The molecule has 0 aliphatic rings. The van der Waals surface area contributed by atoms with Crippen molar-refractivity contribution in [1.29, 1.82) is 0 Å². The van der Waals surface area contributed by atoms with E-state index in [9.17, 15) is 13.2 Å². The first-order chi connectivity index (χ1) is 9.90. The maximum absolute atomic E-state index is 12.2. The first-order valence-electron chi connectivity index (χ1n) is 6.33. The molecular formula is C15H16N2O3S. The van der Waals surface area contributed by atoms with E-state index < -0.39 is 21.5 Å². The highest BCUT2D eigenvalue weighted by Gasteiger charge is 2.21. The Morgan fingerprint density at radius 3 is 2.38 bits per heavy atom. The van der Waals surface area contributed by atoms with Crippen LogP contribution in [0.4, 0.5) is 11.4 Å². The van der Waals surface area contributed by atoms with E-state index in [-0.39, 0.29) is 4.90 Å². The molecule has 0 fully saturated rings. The number of carbonyl (C=O) groups excluding carboxylic acids is 1. The van der Waals surface area contributed by atoms with Gasteiger partial charge in [-0.25, -0.2) is 8.42 Å². The lowest BCUT2D eigenvalue weighted by molar-refractivity contribution is -0.113. The smallest absolute Gasteiger partial charge is 0.240 e. The van der Waals surface area contributed by atoms with Crippen LogP contribution < -0.4 is 11.1 Å². The van der Waals surface area contributed by atoms with E-state index in [1.54, 1.807) is 49.4 Å². The van der Waals surface area contributed by atoms with Crippen molar-refractivity contribution < 1.29 is 13.2 Å². The maximum Gasteiger partial charge on any atom is 0.240 e. The molecule has 0 bridgehead atoms. The van der Waals surface area contributed by atoms with Crippen molar-refractivity contribution in [2.45, 2.75) is 11.8 Å². The van der Waals surface area contributed by atoms with Crippen LogP contribution in [0.25, 0.3) is 0 Å². The molecule has 2 rings (SSSR count). The van der Waals surface area contributed by atoms with Gasteiger partial charge in [-0.3, -0.25) is 4.79 Å². The summed E-state index contributed by atoms with van der Waals surface area (Å²) in [6.07, 6.45) is 0. The summed E-state index contributed by atoms with van der Waals surface area (Å²) in [5, 5.41) is 2.51. The van der Waals surface area contributed by atoms with Gasteiger partial charge in [0.2, 0.25) is 5.91 Å². The van der Waals surface area contributed by atoms with Crippen molar-refractivity contribution >= 4 is 27.1 Å². The van der Waals surface area contributed by atoms with Gasteiger partial charge in [0.15, 0.2) is 9.84 Å². The minimum atomic E-state index is -3.68. The van der Waals surface area contributed by atoms with E-state index in [1.807, 2.05) is 0 Å². The molecule has 0 atom stereocenters. The summed E-state index contributed by atoms with van der Waals surface area (Å²) in [7, 11) is -3.68. The van der Waals surface area contributed by atoms with Gasteiger partial charge in [-0.05, 0) is 30.7 Å². The molecule has 0 aliphatic heterocycles. The normalized spacial score (nSPS) is 11.1. The molecule has 0 radical (unpaired) electrons. The summed E-state index contributed by atoms with van der Waals surface area (Å²) in [6, 6.07) is 13.3. The predicted molar refractivity (Wildman–Crippen MR) is 82.7 cm³/mol. The molecule has 0 aliphatic carbocycles. The fourth-order valence-electron chi connectivity index (χ4n) is 1.95. The van der Waals surface area contributed by atoms with E-state index in [0.717, 1.165) is 0 Å². The van der Waals surface area contributed by atoms with Crippen molar-refractivity contribution in [3.8, 4) is 0 Å². The summed E-state index contributed by atoms with van der Waals surface area (Å²) in [5.41, 5.74) is 7.11. The third-order valence-electron chi connectivity index (χ3n) is 2.98. The Balaban J connectivity index is 2.16. The number of hydrogen-bond donors (Lipinski definition) is 2. The molecular weight excluding hydrogens is 288 g/mol. The first-order valence-corrected chi connectivity index (χ1v) is 7.98. The number of carbonyl (C=O) groups is 1. The second kappa shape index (κ2) is 5.97. The third-order valence-corrected chi connectivity index (χ3v) is 4.76. The lowest BCUT2D eigenvalue weighted by atomic mass is 10.2. The zero-order valence-electron chi connectivity index (χ0n) is 11.5. The molecule has 2 aromatic carbocycles. The SMILES string of the molecule is Cc1ccccc1S(=O)(=O)CC(=O)Nc1ccccc1N. The highest BCUT2D eigenvalue weighted by Crippen LogP contribution is 2.19. The Hall–Kier alpha value is -2.34. The molecule has 0 heterocycles. The molecule has 0 saturated carbocycles. The molecule has 6 heteroatoms. The number of nitrogens with one attached hydrogen (secondary N) is 1. The molecule has 21 heavy (non-hydrogen) atoms. The molecule has 5 nitrogen and oxygen atoms in total. The van der Waals surface area contributed by atoms with Crippen molar-refractivity contribution in [2.75, 3.05) is 16.8 Å². The molecule has 1 amide bonds. The van der Waals surface area contributed by atoms with Crippen molar-refractivity contribution in [3.05, 3.63) is 54.1 Å². The number of aryl methyl sites for hydroxylation is 1. The van der Waals surface area contributed by atoms with Crippen LogP contribution in [0.3, 0.4) is 0 Å². The van der Waals surface area contributed by atoms with Crippen molar-refractivity contribution in [1.82, 2.24) is 0 Å². The van der Waals surface area contributed by atoms with Crippen molar-refractivity contribution in [2.24, 2.45) is 0 Å². The lowest BCUT2D eigenvalue weighted by Crippen LogP contribution is -2.23. The molecule has 0 unspecified atom stereocenters. The second-order valence-corrected chi connectivity index (χ2v) is 6.62. The summed E-state index contributed by atoms with van der Waals surface area (Å²) in [4.78, 5) is 12.1. The number of para-hydroxylation sites is 2. The Kier molecular flexibility index (Phi) is 4.28. The van der Waals surface area contributed by atoms with Gasteiger partial charge in [0.25, 0.3) is 0 Å². The maximum atomic E-state index is 12.2. The topological polar surface area (TPSA) is 89.3 Å². The summed E-state index contributed by atoms with van der Waals surface area (Å²) in [6.45, 7) is 1.69. The van der Waals surface area contributed by atoms with Gasteiger partial charge in [-0.15, -0.1) is 0 Å². The highest BCUT2D eigenvalue weighted by atomic mass is 32.2. The Morgan fingerprint density at radius 2 is 1.71 bits per heavy atom. The molecule has 2 aromatic rings. The van der Waals surface area contributed by atoms with Gasteiger partial charge in [0.05, 0.1) is 16.3 Å². The number of nitrogens with two attached hydrogens (primary N) is 1. The molecule has 0 aromatic heterocycles. The van der Waals surface area contributed by atoms with Gasteiger partial charge in [0, 0.05) is 0 Å². The van der Waals surface area contributed by atoms with E-state index in [2.05, 4.69) is 5.32 Å². The fourth-order valence-corrected chi connectivity index (χ4v) is 3.37. The number of anilines is 2. The monoisotopic (exact) mass is 304 g/mol. The molecule has 110 valence electrons. The van der Waals surface area contributed by atoms with Gasteiger partial charge in [-0.1, -0.05) is 30.3 Å². The van der Waals surface area contributed by atoms with Crippen LogP contribution >= 0.6 is 0 Å². The minimum absolute atomic E-state index is 0.168. The van der Waals surface area contributed by atoms with Crippen LogP contribution in [0.1, 0.15) is 5.56 Å². The van der Waals surface area contributed by atoms with Crippen LogP contribution in [-0.4, -0.2) is 20.1 Å². The second-order valence-electron chi connectivity index (χ2n) is 4.66. The molecule has 0 saturated heterocycles. The van der Waals surface area contributed by atoms with E-state index in [0.29, 0.717) is 16.9 Å². The number of sulfone groups is 1. The van der Waals surface area contributed by atoms with Gasteiger partial charge in [0.1, 0.15) is 5.75 Å². The first kappa shape index (κ1) is 15.1. The largest absolute Gasteiger partial charge is 0.397 e. The van der Waals surface area contributed by atoms with E-state index in [1.165, 1.54) is 6.07 Å². The van der Waals surface area contributed by atoms with Gasteiger partial charge < -0.3 is 11.1 Å². The summed E-state index contributed by atoms with van der Waals surface area (Å²) >= 11 is 0. The Morgan fingerprint density at radius 1 is 1.10 bits per heavy atom. The number of rotatable bonds is 4. The zero-order chi connectivity index (χ0) is 15.5. The average Bonchev–Trinajstić information content (AvgIpc) is 2.41. The molecule has 0 spiro atoms. The third kappa shape index (κ3) is 3.61. The summed E-state index contributed by atoms with van der Waals surface area (Å²) < 4.78 is 24.5. The average molecular weight is 304 g/mol. The molecule has 3 N–H and O–H groups in total. The van der Waals surface area contributed by atoms with Gasteiger partial charge in [-0.2, -0.15) is 0 Å².